The average molecular weight is 303 g/mol. The molecule has 3 heterocycles. The van der Waals surface area contributed by atoms with Crippen LogP contribution in [0.25, 0.3) is 11.1 Å². The maximum atomic E-state index is 6.10. The lowest BCUT2D eigenvalue weighted by Gasteiger charge is -2.40. The summed E-state index contributed by atoms with van der Waals surface area (Å²) in [6.45, 7) is 8.73. The van der Waals surface area contributed by atoms with Gasteiger partial charge in [0.25, 0.3) is 0 Å². The summed E-state index contributed by atoms with van der Waals surface area (Å²) >= 11 is 1.49. The molecule has 112 valence electrons. The number of anilines is 2. The van der Waals surface area contributed by atoms with E-state index in [9.17, 15) is 0 Å². The van der Waals surface area contributed by atoms with Crippen molar-refractivity contribution in [2.45, 2.75) is 19.9 Å². The molecule has 1 fully saturated rings. The lowest BCUT2D eigenvalue weighted by Crippen LogP contribution is -2.51. The average Bonchev–Trinajstić information content (AvgIpc) is 2.90. The summed E-state index contributed by atoms with van der Waals surface area (Å²) < 4.78 is 4.37. The fourth-order valence-corrected chi connectivity index (χ4v) is 3.81. The van der Waals surface area contributed by atoms with Crippen molar-refractivity contribution in [2.24, 2.45) is 0 Å². The van der Waals surface area contributed by atoms with Crippen LogP contribution < -0.4 is 10.6 Å². The Hall–Kier alpha value is -1.66. The van der Waals surface area contributed by atoms with Gasteiger partial charge in [0.2, 0.25) is 0 Å². The first kappa shape index (κ1) is 14.3. The third-order valence-corrected chi connectivity index (χ3v) is 5.03. The van der Waals surface area contributed by atoms with E-state index in [2.05, 4.69) is 33.0 Å². The van der Waals surface area contributed by atoms with E-state index in [1.807, 2.05) is 18.3 Å². The predicted molar refractivity (Wildman–Crippen MR) is 88.7 cm³/mol. The summed E-state index contributed by atoms with van der Waals surface area (Å²) in [4.78, 5) is 9.12. The Morgan fingerprint density at radius 3 is 2.95 bits per heavy atom. The Balaban J connectivity index is 1.91. The lowest BCUT2D eigenvalue weighted by molar-refractivity contribution is 0.200. The summed E-state index contributed by atoms with van der Waals surface area (Å²) in [6.07, 6.45) is 3.64. The van der Waals surface area contributed by atoms with Gasteiger partial charge >= 0.3 is 0 Å². The highest BCUT2D eigenvalue weighted by atomic mass is 32.1. The first-order valence-corrected chi connectivity index (χ1v) is 8.12. The highest BCUT2D eigenvalue weighted by Crippen LogP contribution is 2.39. The van der Waals surface area contributed by atoms with Crippen LogP contribution in [0.5, 0.6) is 0 Å². The number of likely N-dealkylation sites (N-methyl/N-ethyl adjacent to an activating group) is 1. The molecule has 3 rings (SSSR count). The number of nitrogens with zero attached hydrogens (tertiary/aromatic N) is 4. The molecule has 0 radical (unpaired) electrons. The number of nitrogen functional groups attached to an aromatic ring is 1. The second kappa shape index (κ2) is 5.99. The maximum absolute atomic E-state index is 6.10. The van der Waals surface area contributed by atoms with Crippen molar-refractivity contribution in [2.75, 3.05) is 36.8 Å². The first-order chi connectivity index (χ1) is 10.2. The van der Waals surface area contributed by atoms with Crippen molar-refractivity contribution in [1.29, 1.82) is 0 Å². The van der Waals surface area contributed by atoms with E-state index in [0.717, 1.165) is 37.3 Å². The molecule has 1 aliphatic heterocycles. The number of hydrogen-bond donors (Lipinski definition) is 1. The van der Waals surface area contributed by atoms with Crippen molar-refractivity contribution in [3.05, 3.63) is 24.5 Å². The minimum Gasteiger partial charge on any atom is -0.382 e. The second-order valence-electron chi connectivity index (χ2n) is 5.41. The Bertz CT molecular complexity index is 597. The van der Waals surface area contributed by atoms with Crippen molar-refractivity contribution in [1.82, 2.24) is 14.3 Å². The van der Waals surface area contributed by atoms with Crippen LogP contribution in [0.3, 0.4) is 0 Å². The molecule has 2 aromatic rings. The molecule has 1 aliphatic rings. The van der Waals surface area contributed by atoms with Crippen LogP contribution in [0.1, 0.15) is 13.8 Å². The van der Waals surface area contributed by atoms with Gasteiger partial charge in [0.15, 0.2) is 0 Å². The fraction of sp³-hybridized carbons (Fsp3) is 0.467. The highest BCUT2D eigenvalue weighted by molar-refractivity contribution is 7.11. The number of hydrogen-bond acceptors (Lipinski definition) is 6. The van der Waals surface area contributed by atoms with E-state index in [-0.39, 0.29) is 0 Å². The molecule has 21 heavy (non-hydrogen) atoms. The summed E-state index contributed by atoms with van der Waals surface area (Å²) in [5, 5.41) is 1.17. The van der Waals surface area contributed by atoms with Crippen LogP contribution in [0, 0.1) is 0 Å². The quantitative estimate of drug-likeness (QED) is 0.943. The zero-order valence-corrected chi connectivity index (χ0v) is 13.3. The summed E-state index contributed by atoms with van der Waals surface area (Å²) in [5.74, 6) is 0.605. The van der Waals surface area contributed by atoms with Crippen molar-refractivity contribution in [3.63, 3.8) is 0 Å². The fourth-order valence-electron chi connectivity index (χ4n) is 2.94. The van der Waals surface area contributed by atoms with Crippen molar-refractivity contribution >= 4 is 22.4 Å². The zero-order valence-electron chi connectivity index (χ0n) is 12.5. The first-order valence-electron chi connectivity index (χ1n) is 7.35. The van der Waals surface area contributed by atoms with Gasteiger partial charge in [-0.15, -0.1) is 0 Å². The number of piperazine rings is 1. The Morgan fingerprint density at radius 2 is 2.29 bits per heavy atom. The molecule has 2 aromatic heterocycles. The molecule has 0 spiro atoms. The Labute approximate surface area is 129 Å². The van der Waals surface area contributed by atoms with Gasteiger partial charge in [0.05, 0.1) is 5.56 Å². The molecule has 2 N–H and O–H groups in total. The Morgan fingerprint density at radius 1 is 1.43 bits per heavy atom. The number of nitrogens with two attached hydrogens (primary N) is 1. The van der Waals surface area contributed by atoms with E-state index in [1.165, 1.54) is 16.5 Å². The molecule has 0 aromatic carbocycles. The number of pyridine rings is 1. The minimum atomic E-state index is 0.550. The van der Waals surface area contributed by atoms with Gasteiger partial charge in [-0.05, 0) is 31.1 Å². The minimum absolute atomic E-state index is 0.550. The van der Waals surface area contributed by atoms with Crippen LogP contribution >= 0.6 is 11.5 Å². The van der Waals surface area contributed by atoms with Crippen molar-refractivity contribution in [3.8, 4) is 11.1 Å². The molecule has 0 bridgehead atoms. The monoisotopic (exact) mass is 303 g/mol. The van der Waals surface area contributed by atoms with Gasteiger partial charge in [0, 0.05) is 43.6 Å². The predicted octanol–water partition coefficient (Wildman–Crippen LogP) is 2.32. The third kappa shape index (κ3) is 2.73. The molecule has 0 saturated carbocycles. The number of aromatic nitrogens is 2. The third-order valence-electron chi connectivity index (χ3n) is 4.11. The molecule has 6 heteroatoms. The largest absolute Gasteiger partial charge is 0.382 e. The molecule has 0 amide bonds. The van der Waals surface area contributed by atoms with E-state index >= 15 is 0 Å². The van der Waals surface area contributed by atoms with E-state index < -0.39 is 0 Å². The lowest BCUT2D eigenvalue weighted by atomic mass is 10.1. The SMILES string of the molecule is CCN1CCN(c2snc(N)c2-c2cccnc2)CC1C. The molecule has 1 unspecified atom stereocenters. The van der Waals surface area contributed by atoms with Crippen LogP contribution in [0.2, 0.25) is 0 Å². The van der Waals surface area contributed by atoms with Crippen LogP contribution in [0.15, 0.2) is 24.5 Å². The van der Waals surface area contributed by atoms with E-state index in [1.54, 1.807) is 6.20 Å². The van der Waals surface area contributed by atoms with Crippen LogP contribution in [-0.4, -0.2) is 46.5 Å². The van der Waals surface area contributed by atoms with E-state index in [0.29, 0.717) is 11.9 Å². The number of rotatable bonds is 3. The van der Waals surface area contributed by atoms with Gasteiger partial charge in [-0.25, -0.2) is 0 Å². The summed E-state index contributed by atoms with van der Waals surface area (Å²) in [7, 11) is 0. The summed E-state index contributed by atoms with van der Waals surface area (Å²) in [6, 6.07) is 4.53. The highest BCUT2D eigenvalue weighted by Gasteiger charge is 2.26. The van der Waals surface area contributed by atoms with Gasteiger partial charge in [-0.2, -0.15) is 4.37 Å². The Kier molecular flexibility index (Phi) is 4.07. The van der Waals surface area contributed by atoms with Crippen LogP contribution in [0.4, 0.5) is 10.8 Å². The maximum Gasteiger partial charge on any atom is 0.147 e. The van der Waals surface area contributed by atoms with Gasteiger partial charge in [0.1, 0.15) is 10.8 Å². The molecule has 1 saturated heterocycles. The van der Waals surface area contributed by atoms with E-state index in [4.69, 9.17) is 5.73 Å². The molecule has 1 atom stereocenters. The van der Waals surface area contributed by atoms with Gasteiger partial charge in [-0.3, -0.25) is 9.88 Å². The smallest absolute Gasteiger partial charge is 0.147 e. The van der Waals surface area contributed by atoms with Crippen LogP contribution in [-0.2, 0) is 0 Å². The van der Waals surface area contributed by atoms with Gasteiger partial charge in [-0.1, -0.05) is 13.0 Å². The molecule has 0 aliphatic carbocycles. The molecule has 5 nitrogen and oxygen atoms in total. The van der Waals surface area contributed by atoms with Gasteiger partial charge < -0.3 is 10.6 Å². The molecular formula is C15H21N5S. The summed E-state index contributed by atoms with van der Waals surface area (Å²) in [5.41, 5.74) is 8.18. The topological polar surface area (TPSA) is 58.3 Å². The van der Waals surface area contributed by atoms with Crippen molar-refractivity contribution < 1.29 is 0 Å². The standard InChI is InChI=1S/C15H21N5S/c1-3-19-7-8-20(10-11(19)2)15-13(14(16)18-21-15)12-5-4-6-17-9-12/h4-6,9,11H,3,7-8,10H2,1-2H3,(H2,16,18). The second-order valence-corrected chi connectivity index (χ2v) is 6.17. The zero-order chi connectivity index (χ0) is 14.8. The normalized spacial score (nSPS) is 19.9. The molecular weight excluding hydrogens is 282 g/mol.